The van der Waals surface area contributed by atoms with Gasteiger partial charge in [0.05, 0.1) is 0 Å². The molecular weight excluding hydrogens is 234 g/mol. The summed E-state index contributed by atoms with van der Waals surface area (Å²) in [6.07, 6.45) is 13.1. The second-order valence-electron chi connectivity index (χ2n) is 5.57. The smallest absolute Gasteiger partial charge is 0.103 e. The van der Waals surface area contributed by atoms with Gasteiger partial charge >= 0.3 is 0 Å². The summed E-state index contributed by atoms with van der Waals surface area (Å²) < 4.78 is 1.33. The zero-order valence-electron chi connectivity index (χ0n) is 11.9. The van der Waals surface area contributed by atoms with Crippen molar-refractivity contribution in [1.29, 1.82) is 0 Å². The van der Waals surface area contributed by atoms with E-state index in [4.69, 9.17) is 0 Å². The van der Waals surface area contributed by atoms with E-state index in [0.29, 0.717) is 25.7 Å². The molecule has 1 aliphatic heterocycles. The topological polar surface area (TPSA) is 20.1 Å². The van der Waals surface area contributed by atoms with E-state index in [0.717, 1.165) is 19.3 Å². The summed E-state index contributed by atoms with van der Waals surface area (Å²) in [6, 6.07) is 0. The van der Waals surface area contributed by atoms with Crippen LogP contribution in [0.1, 0.15) is 44.9 Å². The standard InChI is InChI=1S/C17H26NO/c1-5-10-16(11-6-2)14-9-15-17(12-7-3,13-8-4)18(16)19/h5-8H,1-4,9-15H2/q+1. The zero-order chi connectivity index (χ0) is 14.4. The van der Waals surface area contributed by atoms with Crippen LogP contribution >= 0.6 is 0 Å². The molecule has 19 heavy (non-hydrogen) atoms. The highest BCUT2D eigenvalue weighted by Crippen LogP contribution is 2.43. The molecule has 0 aromatic carbocycles. The van der Waals surface area contributed by atoms with E-state index in [1.54, 1.807) is 0 Å². The molecule has 0 aromatic heterocycles. The summed E-state index contributed by atoms with van der Waals surface area (Å²) in [6.45, 7) is 15.3. The molecule has 0 saturated carbocycles. The summed E-state index contributed by atoms with van der Waals surface area (Å²) in [7, 11) is 0. The van der Waals surface area contributed by atoms with Gasteiger partial charge in [0.25, 0.3) is 0 Å². The average Bonchev–Trinajstić information content (AvgIpc) is 2.37. The van der Waals surface area contributed by atoms with Crippen LogP contribution in [0.5, 0.6) is 0 Å². The van der Waals surface area contributed by atoms with Crippen LogP contribution in [0, 0.1) is 4.91 Å². The lowest BCUT2D eigenvalue weighted by atomic mass is 9.72. The van der Waals surface area contributed by atoms with Crippen LogP contribution in [-0.2, 0) is 0 Å². The SMILES string of the molecule is C=CCC1(CC=C)CCCC(CC=C)(CC=C)[N+]1=O. The Bertz CT molecular complexity index is 327. The first kappa shape index (κ1) is 15.6. The Morgan fingerprint density at radius 1 is 0.789 bits per heavy atom. The summed E-state index contributed by atoms with van der Waals surface area (Å²) in [4.78, 5) is 13.1. The highest BCUT2D eigenvalue weighted by molar-refractivity contribution is 5.01. The molecular formula is C17H26NO+. The third-order valence-electron chi connectivity index (χ3n) is 4.24. The van der Waals surface area contributed by atoms with Gasteiger partial charge in [-0.15, -0.1) is 26.3 Å². The van der Waals surface area contributed by atoms with Gasteiger partial charge in [-0.3, -0.25) is 0 Å². The van der Waals surface area contributed by atoms with E-state index in [1.807, 2.05) is 24.3 Å². The fourth-order valence-corrected chi connectivity index (χ4v) is 3.43. The van der Waals surface area contributed by atoms with Crippen molar-refractivity contribution < 1.29 is 4.76 Å². The summed E-state index contributed by atoms with van der Waals surface area (Å²) >= 11 is 0. The van der Waals surface area contributed by atoms with Gasteiger partial charge in [0, 0.05) is 48.2 Å². The minimum absolute atomic E-state index is 0.381. The number of nitrogens with zero attached hydrogens (tertiary/aromatic N) is 1. The van der Waals surface area contributed by atoms with Gasteiger partial charge in [0.1, 0.15) is 0 Å². The predicted octanol–water partition coefficient (Wildman–Crippen LogP) is 4.73. The van der Waals surface area contributed by atoms with Crippen molar-refractivity contribution in [1.82, 2.24) is 0 Å². The number of hydrogen-bond acceptors (Lipinski definition) is 1. The van der Waals surface area contributed by atoms with Crippen molar-refractivity contribution in [3.05, 3.63) is 55.5 Å². The lowest BCUT2D eigenvalue weighted by Gasteiger charge is -2.38. The van der Waals surface area contributed by atoms with Crippen LogP contribution in [0.2, 0.25) is 0 Å². The Hall–Kier alpha value is -1.44. The molecule has 0 bridgehead atoms. The molecule has 1 rings (SSSR count). The first-order valence-corrected chi connectivity index (χ1v) is 7.02. The zero-order valence-corrected chi connectivity index (χ0v) is 11.9. The normalized spacial score (nSPS) is 20.5. The van der Waals surface area contributed by atoms with Gasteiger partial charge in [0.15, 0.2) is 0 Å². The second kappa shape index (κ2) is 6.65. The van der Waals surface area contributed by atoms with Crippen molar-refractivity contribution in [2.45, 2.75) is 56.0 Å². The van der Waals surface area contributed by atoms with Crippen molar-refractivity contribution in [3.8, 4) is 0 Å². The molecule has 0 atom stereocenters. The Kier molecular flexibility index (Phi) is 5.46. The summed E-state index contributed by atoms with van der Waals surface area (Å²) in [5, 5.41) is 0. The van der Waals surface area contributed by atoms with Crippen LogP contribution in [0.25, 0.3) is 0 Å². The molecule has 1 heterocycles. The molecule has 0 aliphatic carbocycles. The maximum Gasteiger partial charge on any atom is 0.218 e. The minimum atomic E-state index is -0.381. The number of hydrogen-bond donors (Lipinski definition) is 0. The van der Waals surface area contributed by atoms with Crippen LogP contribution in [0.15, 0.2) is 50.6 Å². The van der Waals surface area contributed by atoms with Gasteiger partial charge in [-0.2, -0.15) is 0 Å². The maximum atomic E-state index is 13.1. The third kappa shape index (κ3) is 2.94. The van der Waals surface area contributed by atoms with E-state index in [9.17, 15) is 4.91 Å². The number of nitroso groups, excluding NO2 is 1. The first-order chi connectivity index (χ1) is 9.10. The molecule has 0 N–H and O–H groups in total. The average molecular weight is 260 g/mol. The number of piperidine rings is 1. The summed E-state index contributed by atoms with van der Waals surface area (Å²) in [5.41, 5.74) is -0.762. The number of rotatable bonds is 8. The molecule has 0 amide bonds. The quantitative estimate of drug-likeness (QED) is 0.456. The Morgan fingerprint density at radius 3 is 1.37 bits per heavy atom. The van der Waals surface area contributed by atoms with Gasteiger partial charge in [-0.05, 0) is 6.42 Å². The lowest BCUT2D eigenvalue weighted by Crippen LogP contribution is -2.56. The Balaban J connectivity index is 3.17. The Labute approximate surface area is 117 Å². The second-order valence-corrected chi connectivity index (χ2v) is 5.57. The van der Waals surface area contributed by atoms with E-state index < -0.39 is 0 Å². The monoisotopic (exact) mass is 260 g/mol. The fourth-order valence-electron chi connectivity index (χ4n) is 3.43. The first-order valence-electron chi connectivity index (χ1n) is 7.02. The lowest BCUT2D eigenvalue weighted by molar-refractivity contribution is -0.704. The predicted molar refractivity (Wildman–Crippen MR) is 82.2 cm³/mol. The molecule has 0 spiro atoms. The van der Waals surface area contributed by atoms with E-state index in [1.165, 1.54) is 4.76 Å². The minimum Gasteiger partial charge on any atom is -0.103 e. The molecule has 104 valence electrons. The van der Waals surface area contributed by atoms with Crippen molar-refractivity contribution >= 4 is 0 Å². The van der Waals surface area contributed by atoms with Gasteiger partial charge < -0.3 is 0 Å². The van der Waals surface area contributed by atoms with Crippen LogP contribution in [-0.4, -0.2) is 15.8 Å². The van der Waals surface area contributed by atoms with Crippen LogP contribution < -0.4 is 0 Å². The highest BCUT2D eigenvalue weighted by atomic mass is 16.3. The van der Waals surface area contributed by atoms with Crippen LogP contribution in [0.3, 0.4) is 0 Å². The molecule has 1 aliphatic rings. The molecule has 2 heteroatoms. The van der Waals surface area contributed by atoms with Gasteiger partial charge in [0.2, 0.25) is 11.1 Å². The molecule has 2 nitrogen and oxygen atoms in total. The maximum absolute atomic E-state index is 13.1. The molecule has 1 fully saturated rings. The summed E-state index contributed by atoms with van der Waals surface area (Å²) in [5.74, 6) is 0. The van der Waals surface area contributed by atoms with E-state index in [-0.39, 0.29) is 11.1 Å². The fraction of sp³-hybridized carbons (Fsp3) is 0.529. The van der Waals surface area contributed by atoms with Crippen molar-refractivity contribution in [2.75, 3.05) is 0 Å². The highest BCUT2D eigenvalue weighted by Gasteiger charge is 2.58. The Morgan fingerprint density at radius 2 is 1.11 bits per heavy atom. The van der Waals surface area contributed by atoms with Crippen molar-refractivity contribution in [3.63, 3.8) is 0 Å². The van der Waals surface area contributed by atoms with Crippen molar-refractivity contribution in [2.24, 2.45) is 0 Å². The third-order valence-corrected chi connectivity index (χ3v) is 4.24. The molecule has 0 unspecified atom stereocenters. The largest absolute Gasteiger partial charge is 0.218 e. The van der Waals surface area contributed by atoms with Gasteiger partial charge in [-0.1, -0.05) is 24.3 Å². The van der Waals surface area contributed by atoms with E-state index in [2.05, 4.69) is 26.3 Å². The van der Waals surface area contributed by atoms with E-state index >= 15 is 0 Å². The molecule has 1 saturated heterocycles. The molecule has 0 radical (unpaired) electrons. The van der Waals surface area contributed by atoms with Gasteiger partial charge in [-0.25, -0.2) is 0 Å². The van der Waals surface area contributed by atoms with Crippen LogP contribution in [0.4, 0.5) is 0 Å². The molecule has 0 aromatic rings.